The van der Waals surface area contributed by atoms with Crippen LogP contribution in [-0.2, 0) is 6.54 Å². The fourth-order valence-corrected chi connectivity index (χ4v) is 3.10. The number of aryl methyl sites for hydroxylation is 1. The number of hydrogen-bond donors (Lipinski definition) is 2. The summed E-state index contributed by atoms with van der Waals surface area (Å²) in [5.74, 6) is 0.952. The molecule has 7 heteroatoms. The van der Waals surface area contributed by atoms with Crippen LogP contribution in [0.15, 0.2) is 30.5 Å². The molecule has 1 fully saturated rings. The number of aromatic nitrogens is 2. The number of nitrogens with one attached hydrogen (secondary N) is 2. The number of nitrogens with zero attached hydrogens (tertiary/aromatic N) is 3. The third kappa shape index (κ3) is 4.49. The first kappa shape index (κ1) is 17.3. The van der Waals surface area contributed by atoms with Crippen LogP contribution in [0.2, 0.25) is 0 Å². The quantitative estimate of drug-likeness (QED) is 0.875. The van der Waals surface area contributed by atoms with Crippen molar-refractivity contribution in [1.82, 2.24) is 20.2 Å². The van der Waals surface area contributed by atoms with E-state index in [9.17, 15) is 9.18 Å². The van der Waals surface area contributed by atoms with Crippen LogP contribution in [0, 0.1) is 18.7 Å². The Labute approximate surface area is 147 Å². The number of amides is 2. The summed E-state index contributed by atoms with van der Waals surface area (Å²) in [5, 5.41) is 2.99. The number of benzene rings is 1. The zero-order valence-corrected chi connectivity index (χ0v) is 14.6. The van der Waals surface area contributed by atoms with Crippen molar-refractivity contribution in [2.75, 3.05) is 31.6 Å². The molecule has 1 aromatic heterocycles. The molecular weight excluding hydrogens is 321 g/mol. The Kier molecular flexibility index (Phi) is 5.21. The highest BCUT2D eigenvalue weighted by Crippen LogP contribution is 2.23. The maximum atomic E-state index is 13.0. The molecule has 3 rings (SSSR count). The van der Waals surface area contributed by atoms with Crippen molar-refractivity contribution < 1.29 is 9.18 Å². The molecule has 0 bridgehead atoms. The van der Waals surface area contributed by atoms with Crippen molar-refractivity contribution in [1.29, 1.82) is 0 Å². The molecule has 1 saturated heterocycles. The topological polar surface area (TPSA) is 64.3 Å². The first-order chi connectivity index (χ1) is 12.0. The second-order valence-corrected chi connectivity index (χ2v) is 6.63. The van der Waals surface area contributed by atoms with E-state index in [2.05, 4.69) is 20.2 Å². The number of aromatic amines is 1. The summed E-state index contributed by atoms with van der Waals surface area (Å²) in [6.45, 7) is 4.81. The molecule has 0 radical (unpaired) electrons. The predicted molar refractivity (Wildman–Crippen MR) is 94.9 cm³/mol. The highest BCUT2D eigenvalue weighted by molar-refractivity contribution is 5.73. The van der Waals surface area contributed by atoms with Crippen LogP contribution in [0.4, 0.5) is 14.9 Å². The second-order valence-electron chi connectivity index (χ2n) is 6.63. The Morgan fingerprint density at radius 3 is 2.88 bits per heavy atom. The number of carbonyl (C=O) groups excluding carboxylic acids is 1. The monoisotopic (exact) mass is 345 g/mol. The molecule has 2 aromatic rings. The van der Waals surface area contributed by atoms with Crippen LogP contribution in [0.3, 0.4) is 0 Å². The minimum atomic E-state index is -0.221. The number of carbonyl (C=O) groups is 1. The van der Waals surface area contributed by atoms with Gasteiger partial charge in [0.2, 0.25) is 0 Å². The van der Waals surface area contributed by atoms with Gasteiger partial charge in [0.1, 0.15) is 11.6 Å². The first-order valence-corrected chi connectivity index (χ1v) is 8.51. The van der Waals surface area contributed by atoms with E-state index in [1.807, 2.05) is 6.92 Å². The van der Waals surface area contributed by atoms with Crippen molar-refractivity contribution in [3.8, 4) is 0 Å². The standard InChI is InChI=1S/C18H24FN5O/c1-13-9-20-17(22-13)12-23(2)18(25)21-10-14-7-8-24(11-14)16-5-3-15(19)4-6-16/h3-6,9,14H,7-8,10-12H2,1-2H3,(H,20,22)(H,21,25)/t14-/m0/s1. The van der Waals surface area contributed by atoms with Crippen LogP contribution in [-0.4, -0.2) is 47.6 Å². The molecule has 1 atom stereocenters. The third-order valence-electron chi connectivity index (χ3n) is 4.51. The van der Waals surface area contributed by atoms with Crippen LogP contribution in [0.1, 0.15) is 17.9 Å². The van der Waals surface area contributed by atoms with Gasteiger partial charge in [-0.05, 0) is 43.5 Å². The Bertz CT molecular complexity index is 715. The predicted octanol–water partition coefficient (Wildman–Crippen LogP) is 2.53. The van der Waals surface area contributed by atoms with Gasteiger partial charge in [-0.25, -0.2) is 14.2 Å². The normalized spacial score (nSPS) is 16.9. The summed E-state index contributed by atoms with van der Waals surface area (Å²) in [5.41, 5.74) is 2.01. The molecule has 1 aliphatic heterocycles. The fourth-order valence-electron chi connectivity index (χ4n) is 3.10. The largest absolute Gasteiger partial charge is 0.371 e. The minimum Gasteiger partial charge on any atom is -0.371 e. The summed E-state index contributed by atoms with van der Waals surface area (Å²) in [6, 6.07) is 6.46. The summed E-state index contributed by atoms with van der Waals surface area (Å²) < 4.78 is 13.0. The van der Waals surface area contributed by atoms with E-state index in [4.69, 9.17) is 0 Å². The molecule has 2 amide bonds. The SMILES string of the molecule is Cc1cnc(CN(C)C(=O)NC[C@@H]2CCN(c3ccc(F)cc3)C2)[nH]1. The lowest BCUT2D eigenvalue weighted by molar-refractivity contribution is 0.204. The minimum absolute atomic E-state index is 0.103. The Balaban J connectivity index is 1.44. The number of urea groups is 1. The molecule has 0 saturated carbocycles. The third-order valence-corrected chi connectivity index (χ3v) is 4.51. The van der Waals surface area contributed by atoms with E-state index in [0.29, 0.717) is 19.0 Å². The first-order valence-electron chi connectivity index (χ1n) is 8.51. The Hall–Kier alpha value is -2.57. The zero-order chi connectivity index (χ0) is 17.8. The van der Waals surface area contributed by atoms with Gasteiger partial charge in [0, 0.05) is 44.3 Å². The molecule has 0 unspecified atom stereocenters. The average molecular weight is 345 g/mol. The van der Waals surface area contributed by atoms with Crippen LogP contribution in [0.25, 0.3) is 0 Å². The maximum absolute atomic E-state index is 13.0. The molecule has 2 N–H and O–H groups in total. The maximum Gasteiger partial charge on any atom is 0.317 e. The van der Waals surface area contributed by atoms with Gasteiger partial charge in [0.25, 0.3) is 0 Å². The molecule has 0 aliphatic carbocycles. The number of hydrogen-bond acceptors (Lipinski definition) is 3. The van der Waals surface area contributed by atoms with E-state index in [1.165, 1.54) is 12.1 Å². The molecule has 1 aliphatic rings. The van der Waals surface area contributed by atoms with E-state index in [0.717, 1.165) is 36.7 Å². The highest BCUT2D eigenvalue weighted by atomic mass is 19.1. The number of anilines is 1. The smallest absolute Gasteiger partial charge is 0.317 e. The van der Waals surface area contributed by atoms with Gasteiger partial charge in [-0.1, -0.05) is 0 Å². The Morgan fingerprint density at radius 2 is 2.20 bits per heavy atom. The van der Waals surface area contributed by atoms with Gasteiger partial charge in [0.05, 0.1) is 6.54 Å². The lowest BCUT2D eigenvalue weighted by atomic mass is 10.1. The lowest BCUT2D eigenvalue weighted by Crippen LogP contribution is -2.39. The van der Waals surface area contributed by atoms with Crippen molar-refractivity contribution in [3.05, 3.63) is 47.8 Å². The van der Waals surface area contributed by atoms with Crippen LogP contribution >= 0.6 is 0 Å². The summed E-state index contributed by atoms with van der Waals surface area (Å²) >= 11 is 0. The molecule has 2 heterocycles. The fraction of sp³-hybridized carbons (Fsp3) is 0.444. The van der Waals surface area contributed by atoms with Gasteiger partial charge in [0.15, 0.2) is 0 Å². The van der Waals surface area contributed by atoms with Gasteiger partial charge >= 0.3 is 6.03 Å². The lowest BCUT2D eigenvalue weighted by Gasteiger charge is -2.20. The summed E-state index contributed by atoms with van der Waals surface area (Å²) in [4.78, 5) is 23.4. The molecule has 134 valence electrons. The van der Waals surface area contributed by atoms with Crippen molar-refractivity contribution in [3.63, 3.8) is 0 Å². The molecule has 0 spiro atoms. The molecule has 1 aromatic carbocycles. The molecular formula is C18H24FN5O. The molecule has 25 heavy (non-hydrogen) atoms. The molecule has 6 nitrogen and oxygen atoms in total. The van der Waals surface area contributed by atoms with Gasteiger partial charge in [-0.3, -0.25) is 0 Å². The van der Waals surface area contributed by atoms with E-state index in [1.54, 1.807) is 30.3 Å². The van der Waals surface area contributed by atoms with Gasteiger partial charge in [-0.15, -0.1) is 0 Å². The van der Waals surface area contributed by atoms with E-state index in [-0.39, 0.29) is 11.8 Å². The number of halogens is 1. The number of imidazole rings is 1. The zero-order valence-electron chi connectivity index (χ0n) is 14.6. The van der Waals surface area contributed by atoms with Crippen molar-refractivity contribution >= 4 is 11.7 Å². The van der Waals surface area contributed by atoms with Crippen molar-refractivity contribution in [2.45, 2.75) is 19.9 Å². The van der Waals surface area contributed by atoms with E-state index < -0.39 is 0 Å². The number of H-pyrrole nitrogens is 1. The highest BCUT2D eigenvalue weighted by Gasteiger charge is 2.23. The Morgan fingerprint density at radius 1 is 1.44 bits per heavy atom. The van der Waals surface area contributed by atoms with Gasteiger partial charge in [-0.2, -0.15) is 0 Å². The number of rotatable bonds is 5. The van der Waals surface area contributed by atoms with Crippen LogP contribution < -0.4 is 10.2 Å². The average Bonchev–Trinajstić information content (AvgIpc) is 3.22. The van der Waals surface area contributed by atoms with Gasteiger partial charge < -0.3 is 20.1 Å². The van der Waals surface area contributed by atoms with Crippen molar-refractivity contribution in [2.24, 2.45) is 5.92 Å². The second kappa shape index (κ2) is 7.55. The summed E-state index contributed by atoms with van der Waals surface area (Å²) in [7, 11) is 1.76. The van der Waals surface area contributed by atoms with E-state index >= 15 is 0 Å². The summed E-state index contributed by atoms with van der Waals surface area (Å²) in [6.07, 6.45) is 2.77. The van der Waals surface area contributed by atoms with Crippen LogP contribution in [0.5, 0.6) is 0 Å².